The van der Waals surface area contributed by atoms with Crippen molar-refractivity contribution in [2.75, 3.05) is 5.32 Å². The van der Waals surface area contributed by atoms with Crippen LogP contribution in [0.3, 0.4) is 0 Å². The van der Waals surface area contributed by atoms with Gasteiger partial charge in [0.2, 0.25) is 5.91 Å². The molecule has 4 N–H and O–H groups in total. The fraction of sp³-hybridized carbons (Fsp3) is 0.278. The number of nitrogens with one attached hydrogen (secondary N) is 1. The normalized spacial score (nSPS) is 13.4. The largest absolute Gasteiger partial charge is 0.364 e. The smallest absolute Gasteiger partial charge is 0.241 e. The van der Waals surface area contributed by atoms with E-state index < -0.39 is 12.3 Å². The number of ether oxygens (including phenoxy) is 1. The Kier molecular flexibility index (Phi) is 5.87. The van der Waals surface area contributed by atoms with Crippen molar-refractivity contribution in [2.45, 2.75) is 32.8 Å². The van der Waals surface area contributed by atoms with E-state index in [0.29, 0.717) is 11.3 Å². The molecule has 0 bridgehead atoms. The number of anilines is 1. The zero-order valence-corrected chi connectivity index (χ0v) is 13.3. The van der Waals surface area contributed by atoms with Crippen LogP contribution in [-0.4, -0.2) is 17.1 Å². The predicted octanol–water partition coefficient (Wildman–Crippen LogP) is 2.49. The van der Waals surface area contributed by atoms with Gasteiger partial charge in [0.15, 0.2) is 6.29 Å². The maximum Gasteiger partial charge on any atom is 0.241 e. The Labute approximate surface area is 136 Å². The van der Waals surface area contributed by atoms with Gasteiger partial charge in [0.25, 0.3) is 0 Å². The summed E-state index contributed by atoms with van der Waals surface area (Å²) < 4.78 is 5.55. The number of amides is 1. The van der Waals surface area contributed by atoms with E-state index in [-0.39, 0.29) is 12.5 Å². The Bertz CT molecular complexity index is 657. The third-order valence-electron chi connectivity index (χ3n) is 3.49. The van der Waals surface area contributed by atoms with Crippen LogP contribution in [0.2, 0.25) is 0 Å². The summed E-state index contributed by atoms with van der Waals surface area (Å²) in [4.78, 5) is 11.8. The number of carbonyl (C=O) groups is 1. The number of nitrogens with two attached hydrogens (primary N) is 1. The highest BCUT2D eigenvalue weighted by Gasteiger charge is 2.18. The minimum atomic E-state index is -1.14. The number of aliphatic hydroxyl groups excluding tert-OH is 1. The molecule has 5 nitrogen and oxygen atoms in total. The summed E-state index contributed by atoms with van der Waals surface area (Å²) in [5.41, 5.74) is 8.41. The zero-order valence-electron chi connectivity index (χ0n) is 13.3. The summed E-state index contributed by atoms with van der Waals surface area (Å²) in [6.07, 6.45) is -1.14. The highest BCUT2D eigenvalue weighted by atomic mass is 16.6. The first-order chi connectivity index (χ1) is 11.0. The molecule has 0 saturated carbocycles. The quantitative estimate of drug-likeness (QED) is 0.715. The summed E-state index contributed by atoms with van der Waals surface area (Å²) in [6, 6.07) is 14.3. The molecule has 2 rings (SSSR count). The molecule has 23 heavy (non-hydrogen) atoms. The topological polar surface area (TPSA) is 84.6 Å². The SMILES string of the molecule is Cc1cccc(NC(=O)C(C)N)c1C(O)OCc1ccccc1. The molecule has 0 aromatic heterocycles. The van der Waals surface area contributed by atoms with Crippen LogP contribution in [0.5, 0.6) is 0 Å². The Morgan fingerprint density at radius 1 is 1.22 bits per heavy atom. The van der Waals surface area contributed by atoms with Crippen LogP contribution in [0.1, 0.15) is 29.9 Å². The fourth-order valence-electron chi connectivity index (χ4n) is 2.20. The van der Waals surface area contributed by atoms with Gasteiger partial charge in [-0.1, -0.05) is 42.5 Å². The van der Waals surface area contributed by atoms with Gasteiger partial charge in [0.05, 0.1) is 12.6 Å². The molecule has 2 aromatic carbocycles. The number of rotatable bonds is 6. The molecule has 2 atom stereocenters. The van der Waals surface area contributed by atoms with Crippen LogP contribution in [0.25, 0.3) is 0 Å². The molecule has 0 spiro atoms. The Balaban J connectivity index is 2.15. The molecule has 1 amide bonds. The Morgan fingerprint density at radius 3 is 2.57 bits per heavy atom. The number of benzene rings is 2. The third kappa shape index (κ3) is 4.63. The van der Waals surface area contributed by atoms with Crippen molar-refractivity contribution in [3.05, 3.63) is 65.2 Å². The van der Waals surface area contributed by atoms with Gasteiger partial charge in [-0.25, -0.2) is 0 Å². The standard InChI is InChI=1S/C18H22N2O3/c1-12-7-6-10-15(20-17(21)13(2)19)16(12)18(22)23-11-14-8-4-3-5-9-14/h3-10,13,18,22H,11,19H2,1-2H3,(H,20,21). The first-order valence-electron chi connectivity index (χ1n) is 7.48. The second kappa shape index (κ2) is 7.87. The molecule has 0 aliphatic carbocycles. The first kappa shape index (κ1) is 17.1. The average Bonchev–Trinajstić information content (AvgIpc) is 2.53. The van der Waals surface area contributed by atoms with Crippen molar-refractivity contribution in [3.8, 4) is 0 Å². The van der Waals surface area contributed by atoms with Crippen LogP contribution in [0, 0.1) is 6.92 Å². The van der Waals surface area contributed by atoms with Crippen LogP contribution >= 0.6 is 0 Å². The number of hydrogen-bond donors (Lipinski definition) is 3. The molecular weight excluding hydrogens is 292 g/mol. The monoisotopic (exact) mass is 314 g/mol. The van der Waals surface area contributed by atoms with Crippen molar-refractivity contribution < 1.29 is 14.6 Å². The number of hydrogen-bond acceptors (Lipinski definition) is 4. The van der Waals surface area contributed by atoms with Gasteiger partial charge in [0.1, 0.15) is 0 Å². The van der Waals surface area contributed by atoms with E-state index in [0.717, 1.165) is 11.1 Å². The second-order valence-corrected chi connectivity index (χ2v) is 5.46. The van der Waals surface area contributed by atoms with Crippen LogP contribution in [-0.2, 0) is 16.1 Å². The molecule has 122 valence electrons. The van der Waals surface area contributed by atoms with Gasteiger partial charge in [-0.15, -0.1) is 0 Å². The third-order valence-corrected chi connectivity index (χ3v) is 3.49. The van der Waals surface area contributed by atoms with E-state index in [9.17, 15) is 9.90 Å². The Hall–Kier alpha value is -2.21. The predicted molar refractivity (Wildman–Crippen MR) is 89.6 cm³/mol. The maximum absolute atomic E-state index is 11.8. The van der Waals surface area contributed by atoms with Crippen molar-refractivity contribution in [2.24, 2.45) is 5.73 Å². The summed E-state index contributed by atoms with van der Waals surface area (Å²) in [6.45, 7) is 3.73. The summed E-state index contributed by atoms with van der Waals surface area (Å²) in [5.74, 6) is -0.313. The van der Waals surface area contributed by atoms with Crippen LogP contribution in [0.4, 0.5) is 5.69 Å². The van der Waals surface area contributed by atoms with Crippen molar-refractivity contribution in [3.63, 3.8) is 0 Å². The lowest BCUT2D eigenvalue weighted by atomic mass is 10.1. The van der Waals surface area contributed by atoms with E-state index >= 15 is 0 Å². The molecule has 0 heterocycles. The van der Waals surface area contributed by atoms with E-state index in [1.807, 2.05) is 43.3 Å². The van der Waals surface area contributed by atoms with Gasteiger partial charge in [0, 0.05) is 11.3 Å². The summed E-state index contributed by atoms with van der Waals surface area (Å²) in [7, 11) is 0. The van der Waals surface area contributed by atoms with Gasteiger partial charge in [-0.05, 0) is 31.0 Å². The van der Waals surface area contributed by atoms with E-state index in [4.69, 9.17) is 10.5 Å². The van der Waals surface area contributed by atoms with Crippen molar-refractivity contribution in [1.29, 1.82) is 0 Å². The summed E-state index contributed by atoms with van der Waals surface area (Å²) >= 11 is 0. The van der Waals surface area contributed by atoms with Crippen molar-refractivity contribution >= 4 is 11.6 Å². The minimum Gasteiger partial charge on any atom is -0.364 e. The Morgan fingerprint density at radius 2 is 1.91 bits per heavy atom. The molecule has 0 aliphatic heterocycles. The fourth-order valence-corrected chi connectivity index (χ4v) is 2.20. The molecular formula is C18H22N2O3. The highest BCUT2D eigenvalue weighted by molar-refractivity contribution is 5.95. The minimum absolute atomic E-state index is 0.275. The lowest BCUT2D eigenvalue weighted by Crippen LogP contribution is -2.33. The lowest BCUT2D eigenvalue weighted by molar-refractivity contribution is -0.117. The highest BCUT2D eigenvalue weighted by Crippen LogP contribution is 2.28. The van der Waals surface area contributed by atoms with E-state index in [1.165, 1.54) is 0 Å². The number of aryl methyl sites for hydroxylation is 1. The van der Waals surface area contributed by atoms with Crippen LogP contribution < -0.4 is 11.1 Å². The van der Waals surface area contributed by atoms with Crippen molar-refractivity contribution in [1.82, 2.24) is 0 Å². The van der Waals surface area contributed by atoms with E-state index in [2.05, 4.69) is 5.32 Å². The van der Waals surface area contributed by atoms with E-state index in [1.54, 1.807) is 19.1 Å². The number of aliphatic hydroxyl groups is 1. The molecule has 2 unspecified atom stereocenters. The molecule has 5 heteroatoms. The van der Waals surface area contributed by atoms with Crippen LogP contribution in [0.15, 0.2) is 48.5 Å². The molecule has 0 fully saturated rings. The van der Waals surface area contributed by atoms with Gasteiger partial charge >= 0.3 is 0 Å². The second-order valence-electron chi connectivity index (χ2n) is 5.46. The molecule has 2 aromatic rings. The van der Waals surface area contributed by atoms with Gasteiger partial charge in [-0.2, -0.15) is 0 Å². The summed E-state index contributed by atoms with van der Waals surface area (Å²) in [5, 5.41) is 13.1. The van der Waals surface area contributed by atoms with Gasteiger partial charge < -0.3 is 20.9 Å². The van der Waals surface area contributed by atoms with Gasteiger partial charge in [-0.3, -0.25) is 4.79 Å². The number of carbonyl (C=O) groups excluding carboxylic acids is 1. The average molecular weight is 314 g/mol. The first-order valence-corrected chi connectivity index (χ1v) is 7.48. The molecule has 0 radical (unpaired) electrons. The molecule has 0 saturated heterocycles. The zero-order chi connectivity index (χ0) is 16.8. The maximum atomic E-state index is 11.8. The lowest BCUT2D eigenvalue weighted by Gasteiger charge is -2.19. The molecule has 0 aliphatic rings.